The molecule has 5 nitrogen and oxygen atoms in total. The number of nitriles is 2. The maximum Gasteiger partial charge on any atom is 0.0992 e. The summed E-state index contributed by atoms with van der Waals surface area (Å²) in [6.07, 6.45) is 0. The molecule has 0 atom stereocenters. The third-order valence-corrected chi connectivity index (χ3v) is 11.2. The molecule has 1 aliphatic rings. The minimum atomic E-state index is 0.470. The van der Waals surface area contributed by atoms with Gasteiger partial charge in [-0.25, -0.2) is 0 Å². The van der Waals surface area contributed by atoms with Crippen LogP contribution in [-0.4, -0.2) is 9.13 Å². The highest BCUT2D eigenvalue weighted by molar-refractivity contribution is 6.11. The Balaban J connectivity index is 1.05. The Morgan fingerprint density at radius 3 is 1.81 bits per heavy atom. The molecular formula is C52H31N5. The van der Waals surface area contributed by atoms with Crippen LogP contribution in [0.1, 0.15) is 11.1 Å². The van der Waals surface area contributed by atoms with Gasteiger partial charge in [0.05, 0.1) is 62.6 Å². The molecule has 3 heterocycles. The molecule has 0 bridgehead atoms. The average molecular weight is 726 g/mol. The number of aromatic nitrogens is 2. The molecule has 1 aliphatic heterocycles. The molecular weight excluding hydrogens is 695 g/mol. The lowest BCUT2D eigenvalue weighted by Crippen LogP contribution is -2.11. The molecule has 0 saturated heterocycles. The van der Waals surface area contributed by atoms with Crippen molar-refractivity contribution in [1.29, 1.82) is 10.5 Å². The van der Waals surface area contributed by atoms with Gasteiger partial charge in [0, 0.05) is 33.1 Å². The highest BCUT2D eigenvalue weighted by atomic mass is 15.2. The van der Waals surface area contributed by atoms with Crippen LogP contribution in [0.5, 0.6) is 0 Å². The van der Waals surface area contributed by atoms with Crippen LogP contribution in [0.4, 0.5) is 17.1 Å². The van der Waals surface area contributed by atoms with Crippen molar-refractivity contribution in [2.45, 2.75) is 0 Å². The molecule has 0 aliphatic carbocycles. The van der Waals surface area contributed by atoms with Crippen molar-refractivity contribution in [2.75, 3.05) is 4.90 Å². The number of nitrogens with zero attached hydrogens (tertiary/aromatic N) is 5. The SMILES string of the molecule is N#Cc1cc(C#N)cc(-c2cccc(-n3c4ccccc4c4cc(-c5ccc6c(c5)cc5n6-c6ccccc6N(c6ccccc6)c6ccccc6-5)ccc43)c2)c1. The maximum absolute atomic E-state index is 9.63. The van der Waals surface area contributed by atoms with E-state index < -0.39 is 0 Å². The molecule has 0 radical (unpaired) electrons. The summed E-state index contributed by atoms with van der Waals surface area (Å²) in [5, 5.41) is 22.8. The number of para-hydroxylation sites is 5. The van der Waals surface area contributed by atoms with Crippen LogP contribution < -0.4 is 4.90 Å². The molecule has 0 fully saturated rings. The molecule has 2 aromatic heterocycles. The highest BCUT2D eigenvalue weighted by Crippen LogP contribution is 2.49. The Morgan fingerprint density at radius 2 is 1.00 bits per heavy atom. The Labute approximate surface area is 329 Å². The van der Waals surface area contributed by atoms with Crippen molar-refractivity contribution >= 4 is 49.8 Å². The summed E-state index contributed by atoms with van der Waals surface area (Å²) in [6, 6.07) is 70.5. The Morgan fingerprint density at radius 1 is 0.368 bits per heavy atom. The van der Waals surface area contributed by atoms with Gasteiger partial charge in [0.15, 0.2) is 0 Å². The van der Waals surface area contributed by atoms with Crippen LogP contribution in [0.25, 0.3) is 77.6 Å². The monoisotopic (exact) mass is 725 g/mol. The Hall–Kier alpha value is -8.12. The molecule has 264 valence electrons. The first-order valence-electron chi connectivity index (χ1n) is 19.0. The van der Waals surface area contributed by atoms with E-state index in [0.717, 1.165) is 72.9 Å². The summed E-state index contributed by atoms with van der Waals surface area (Å²) < 4.78 is 4.72. The van der Waals surface area contributed by atoms with Crippen molar-refractivity contribution < 1.29 is 0 Å². The molecule has 10 aromatic rings. The van der Waals surface area contributed by atoms with E-state index in [-0.39, 0.29) is 0 Å². The van der Waals surface area contributed by atoms with Crippen LogP contribution in [0.15, 0.2) is 188 Å². The van der Waals surface area contributed by atoms with E-state index in [2.05, 4.69) is 184 Å². The van der Waals surface area contributed by atoms with Gasteiger partial charge in [0.25, 0.3) is 0 Å². The molecule has 0 unspecified atom stereocenters. The standard InChI is InChI=1S/C52H31N5/c53-32-34-25-35(33-54)27-39(26-34)36-11-10-14-42(29-36)56-47-17-6-4-15-43(47)45-30-38(22-24-49(45)56)37-21-23-46-40(28-37)31-52-44-16-5-7-18-48(44)55(41-12-2-1-3-13-41)50-19-8-9-20-51(50)57(46)52/h1-31H. The summed E-state index contributed by atoms with van der Waals surface area (Å²) in [6.45, 7) is 0. The Kier molecular flexibility index (Phi) is 7.22. The van der Waals surface area contributed by atoms with Crippen LogP contribution in [0, 0.1) is 22.7 Å². The predicted octanol–water partition coefficient (Wildman–Crippen LogP) is 13.3. The van der Waals surface area contributed by atoms with E-state index in [0.29, 0.717) is 11.1 Å². The number of rotatable bonds is 4. The summed E-state index contributed by atoms with van der Waals surface area (Å²) in [4.78, 5) is 2.37. The number of benzene rings is 8. The topological polar surface area (TPSA) is 60.7 Å². The smallest absolute Gasteiger partial charge is 0.0992 e. The number of hydrogen-bond acceptors (Lipinski definition) is 3. The van der Waals surface area contributed by atoms with E-state index >= 15 is 0 Å². The van der Waals surface area contributed by atoms with Gasteiger partial charge >= 0.3 is 0 Å². The summed E-state index contributed by atoms with van der Waals surface area (Å²) in [5.74, 6) is 0. The lowest BCUT2D eigenvalue weighted by Gasteiger charge is -2.26. The van der Waals surface area contributed by atoms with E-state index in [1.54, 1.807) is 6.07 Å². The fourth-order valence-electron chi connectivity index (χ4n) is 8.74. The van der Waals surface area contributed by atoms with Gasteiger partial charge in [0.2, 0.25) is 0 Å². The average Bonchev–Trinajstić information content (AvgIpc) is 3.79. The molecule has 0 spiro atoms. The van der Waals surface area contributed by atoms with Gasteiger partial charge < -0.3 is 14.0 Å². The van der Waals surface area contributed by atoms with Gasteiger partial charge in [-0.2, -0.15) is 10.5 Å². The lowest BCUT2D eigenvalue weighted by molar-refractivity contribution is 1.14. The van der Waals surface area contributed by atoms with E-state index in [9.17, 15) is 10.5 Å². The second kappa shape index (κ2) is 12.7. The van der Waals surface area contributed by atoms with Gasteiger partial charge in [-0.3, -0.25) is 0 Å². The van der Waals surface area contributed by atoms with Crippen LogP contribution >= 0.6 is 0 Å². The molecule has 57 heavy (non-hydrogen) atoms. The summed E-state index contributed by atoms with van der Waals surface area (Å²) in [5.41, 5.74) is 16.3. The molecule has 0 N–H and O–H groups in total. The Bertz CT molecular complexity index is 3300. The second-order valence-corrected chi connectivity index (χ2v) is 14.5. The van der Waals surface area contributed by atoms with Gasteiger partial charge in [-0.1, -0.05) is 91.0 Å². The zero-order chi connectivity index (χ0) is 38.0. The van der Waals surface area contributed by atoms with Gasteiger partial charge in [-0.15, -0.1) is 0 Å². The number of fused-ring (bicyclic) bond motifs is 10. The first kappa shape index (κ1) is 32.3. The first-order valence-corrected chi connectivity index (χ1v) is 19.0. The van der Waals surface area contributed by atoms with Crippen LogP contribution in [0.3, 0.4) is 0 Å². The zero-order valence-corrected chi connectivity index (χ0v) is 30.6. The largest absolute Gasteiger partial charge is 0.309 e. The van der Waals surface area contributed by atoms with Gasteiger partial charge in [-0.05, 0) is 119 Å². The highest BCUT2D eigenvalue weighted by Gasteiger charge is 2.27. The van der Waals surface area contributed by atoms with Crippen molar-refractivity contribution in [3.05, 3.63) is 199 Å². The van der Waals surface area contributed by atoms with E-state index in [1.807, 2.05) is 24.3 Å². The van der Waals surface area contributed by atoms with E-state index in [1.165, 1.54) is 21.7 Å². The molecule has 11 rings (SSSR count). The van der Waals surface area contributed by atoms with Crippen molar-refractivity contribution in [3.8, 4) is 57.0 Å². The maximum atomic E-state index is 9.63. The fourth-order valence-corrected chi connectivity index (χ4v) is 8.74. The van der Waals surface area contributed by atoms with Crippen molar-refractivity contribution in [3.63, 3.8) is 0 Å². The van der Waals surface area contributed by atoms with Crippen LogP contribution in [0.2, 0.25) is 0 Å². The zero-order valence-electron chi connectivity index (χ0n) is 30.6. The quantitative estimate of drug-likeness (QED) is 0.181. The number of hydrogen-bond donors (Lipinski definition) is 0. The summed E-state index contributed by atoms with van der Waals surface area (Å²) >= 11 is 0. The van der Waals surface area contributed by atoms with E-state index in [4.69, 9.17) is 0 Å². The number of anilines is 3. The molecule has 0 amide bonds. The third-order valence-electron chi connectivity index (χ3n) is 11.2. The normalized spacial score (nSPS) is 11.8. The minimum absolute atomic E-state index is 0.470. The van der Waals surface area contributed by atoms with Crippen molar-refractivity contribution in [2.24, 2.45) is 0 Å². The first-order chi connectivity index (χ1) is 28.2. The minimum Gasteiger partial charge on any atom is -0.309 e. The second-order valence-electron chi connectivity index (χ2n) is 14.5. The molecule has 8 aromatic carbocycles. The predicted molar refractivity (Wildman–Crippen MR) is 232 cm³/mol. The molecule has 5 heteroatoms. The molecule has 0 saturated carbocycles. The van der Waals surface area contributed by atoms with Gasteiger partial charge in [0.1, 0.15) is 0 Å². The van der Waals surface area contributed by atoms with Crippen LogP contribution in [-0.2, 0) is 0 Å². The lowest BCUT2D eigenvalue weighted by atomic mass is 10.00. The van der Waals surface area contributed by atoms with Crippen molar-refractivity contribution in [1.82, 2.24) is 9.13 Å². The third kappa shape index (κ3) is 5.08. The summed E-state index contributed by atoms with van der Waals surface area (Å²) in [7, 11) is 0. The fraction of sp³-hybridized carbons (Fsp3) is 0.